The minimum atomic E-state index is -0.218. The Hall–Kier alpha value is -3.59. The average molecular weight is 506 g/mol. The topological polar surface area (TPSA) is 79.6 Å². The molecule has 2 fully saturated rings. The van der Waals surface area contributed by atoms with E-state index in [1.165, 1.54) is 5.56 Å². The number of aromatic nitrogens is 2. The molecule has 4 heterocycles. The number of imidazole rings is 1. The molecular formula is C28H35N5O4. The number of benzene rings is 1. The van der Waals surface area contributed by atoms with Crippen LogP contribution < -0.4 is 4.74 Å². The van der Waals surface area contributed by atoms with Crippen molar-refractivity contribution in [2.24, 2.45) is 5.92 Å². The maximum atomic E-state index is 13.1. The van der Waals surface area contributed by atoms with Gasteiger partial charge in [-0.05, 0) is 49.6 Å². The first-order valence-electron chi connectivity index (χ1n) is 13.2. The smallest absolute Gasteiger partial charge is 0.409 e. The maximum Gasteiger partial charge on any atom is 0.409 e. The van der Waals surface area contributed by atoms with Gasteiger partial charge in [0, 0.05) is 64.1 Å². The van der Waals surface area contributed by atoms with Gasteiger partial charge in [-0.3, -0.25) is 9.69 Å². The van der Waals surface area contributed by atoms with Crippen LogP contribution in [0.25, 0.3) is 5.65 Å². The molecule has 0 aliphatic carbocycles. The molecule has 2 aromatic heterocycles. The Kier molecular flexibility index (Phi) is 7.89. The van der Waals surface area contributed by atoms with E-state index in [4.69, 9.17) is 9.47 Å². The zero-order valence-corrected chi connectivity index (χ0v) is 21.4. The molecule has 1 atom stereocenters. The zero-order valence-electron chi connectivity index (χ0n) is 21.4. The summed E-state index contributed by atoms with van der Waals surface area (Å²) in [4.78, 5) is 35.4. The second-order valence-corrected chi connectivity index (χ2v) is 9.77. The highest BCUT2D eigenvalue weighted by Crippen LogP contribution is 2.21. The monoisotopic (exact) mass is 505 g/mol. The van der Waals surface area contributed by atoms with Crippen LogP contribution in [-0.4, -0.2) is 88.6 Å². The van der Waals surface area contributed by atoms with Gasteiger partial charge < -0.3 is 23.7 Å². The Morgan fingerprint density at radius 2 is 1.81 bits per heavy atom. The predicted molar refractivity (Wildman–Crippen MR) is 140 cm³/mol. The van der Waals surface area contributed by atoms with Crippen LogP contribution in [0.3, 0.4) is 0 Å². The molecule has 2 aliphatic heterocycles. The maximum absolute atomic E-state index is 13.1. The minimum absolute atomic E-state index is 0.0131. The number of amides is 2. The molecule has 9 heteroatoms. The largest absolute Gasteiger partial charge is 0.493 e. The summed E-state index contributed by atoms with van der Waals surface area (Å²) in [5.74, 6) is 1.13. The minimum Gasteiger partial charge on any atom is -0.493 e. The fourth-order valence-corrected chi connectivity index (χ4v) is 5.05. The number of piperidine rings is 1. The van der Waals surface area contributed by atoms with Crippen LogP contribution in [0.4, 0.5) is 4.79 Å². The van der Waals surface area contributed by atoms with E-state index < -0.39 is 0 Å². The van der Waals surface area contributed by atoms with Gasteiger partial charge in [-0.2, -0.15) is 0 Å². The molecule has 0 unspecified atom stereocenters. The molecule has 0 bridgehead atoms. The van der Waals surface area contributed by atoms with Crippen LogP contribution in [-0.2, 0) is 11.3 Å². The molecule has 196 valence electrons. The van der Waals surface area contributed by atoms with Crippen molar-refractivity contribution >= 4 is 17.6 Å². The van der Waals surface area contributed by atoms with Crippen LogP contribution in [0.2, 0.25) is 0 Å². The fourth-order valence-electron chi connectivity index (χ4n) is 5.05. The quantitative estimate of drug-likeness (QED) is 0.489. The Bertz CT molecular complexity index is 1170. The molecule has 2 saturated heterocycles. The van der Waals surface area contributed by atoms with Crippen LogP contribution in [0.5, 0.6) is 5.75 Å². The van der Waals surface area contributed by atoms with Gasteiger partial charge in [0.2, 0.25) is 0 Å². The number of pyridine rings is 1. The molecule has 0 radical (unpaired) electrons. The van der Waals surface area contributed by atoms with Crippen molar-refractivity contribution in [3.05, 3.63) is 66.1 Å². The summed E-state index contributed by atoms with van der Waals surface area (Å²) in [6.07, 6.45) is 5.51. The number of nitrogens with zero attached hydrogens (tertiary/aromatic N) is 5. The SMILES string of the molecule is CCOC(=O)N1CCN(Cc2ccc(OC[C@H]3CCCN(C(=O)c4cn5ccccc5n4)C3)cc2)CC1. The van der Waals surface area contributed by atoms with E-state index in [1.54, 1.807) is 11.1 Å². The van der Waals surface area contributed by atoms with Crippen LogP contribution in [0.1, 0.15) is 35.8 Å². The van der Waals surface area contributed by atoms with E-state index in [2.05, 4.69) is 22.0 Å². The summed E-state index contributed by atoms with van der Waals surface area (Å²) in [5.41, 5.74) is 2.50. The number of piperazine rings is 1. The number of carbonyl (C=O) groups is 2. The van der Waals surface area contributed by atoms with Gasteiger partial charge in [0.05, 0.1) is 13.2 Å². The van der Waals surface area contributed by atoms with E-state index >= 15 is 0 Å². The van der Waals surface area contributed by atoms with Crippen molar-refractivity contribution in [1.29, 1.82) is 0 Å². The van der Waals surface area contributed by atoms with Crippen molar-refractivity contribution in [3.63, 3.8) is 0 Å². The van der Waals surface area contributed by atoms with Gasteiger partial charge >= 0.3 is 6.09 Å². The molecule has 2 amide bonds. The number of hydrogen-bond acceptors (Lipinski definition) is 6. The van der Waals surface area contributed by atoms with Gasteiger partial charge in [0.1, 0.15) is 17.1 Å². The standard InChI is InChI=1S/C28H35N5O4/c1-2-36-28(35)31-16-14-30(15-17-31)18-22-8-10-24(11-9-22)37-21-23-6-5-13-33(19-23)27(34)25-20-32-12-4-3-7-26(32)29-25/h3-4,7-12,20,23H,2,5-6,13-19,21H2,1H3/t23-/m0/s1. The van der Waals surface area contributed by atoms with E-state index in [-0.39, 0.29) is 12.0 Å². The van der Waals surface area contributed by atoms with E-state index in [1.807, 2.05) is 52.8 Å². The van der Waals surface area contributed by atoms with Crippen molar-refractivity contribution in [2.45, 2.75) is 26.3 Å². The number of ether oxygens (including phenoxy) is 2. The summed E-state index contributed by atoms with van der Waals surface area (Å²) in [5, 5.41) is 0. The Morgan fingerprint density at radius 1 is 1.00 bits per heavy atom. The molecular weight excluding hydrogens is 470 g/mol. The number of fused-ring (bicyclic) bond motifs is 1. The lowest BCUT2D eigenvalue weighted by Crippen LogP contribution is -2.48. The number of hydrogen-bond donors (Lipinski definition) is 0. The van der Waals surface area contributed by atoms with E-state index in [9.17, 15) is 9.59 Å². The summed E-state index contributed by atoms with van der Waals surface area (Å²) in [7, 11) is 0. The van der Waals surface area contributed by atoms with E-state index in [0.717, 1.165) is 50.4 Å². The zero-order chi connectivity index (χ0) is 25.6. The summed E-state index contributed by atoms with van der Waals surface area (Å²) < 4.78 is 13.1. The Morgan fingerprint density at radius 3 is 2.57 bits per heavy atom. The molecule has 0 saturated carbocycles. The third kappa shape index (κ3) is 6.22. The van der Waals surface area contributed by atoms with Crippen LogP contribution in [0, 0.1) is 5.92 Å². The number of carbonyl (C=O) groups excluding carboxylic acids is 2. The first-order chi connectivity index (χ1) is 18.1. The van der Waals surface area contributed by atoms with Crippen molar-refractivity contribution in [3.8, 4) is 5.75 Å². The van der Waals surface area contributed by atoms with Crippen molar-refractivity contribution in [2.75, 3.05) is 52.5 Å². The van der Waals surface area contributed by atoms with Gasteiger partial charge in [0.15, 0.2) is 0 Å². The summed E-state index contributed by atoms with van der Waals surface area (Å²) in [6, 6.07) is 14.0. The predicted octanol–water partition coefficient (Wildman–Crippen LogP) is 3.54. The average Bonchev–Trinajstić information content (AvgIpc) is 3.37. The fraction of sp³-hybridized carbons (Fsp3) is 0.464. The van der Waals surface area contributed by atoms with Crippen LogP contribution in [0.15, 0.2) is 54.9 Å². The lowest BCUT2D eigenvalue weighted by atomic mass is 9.98. The number of likely N-dealkylation sites (tertiary alicyclic amines) is 1. The molecule has 3 aromatic rings. The highest BCUT2D eigenvalue weighted by Gasteiger charge is 2.26. The van der Waals surface area contributed by atoms with Gasteiger partial charge in [-0.25, -0.2) is 9.78 Å². The molecule has 0 spiro atoms. The van der Waals surface area contributed by atoms with Gasteiger partial charge in [0.25, 0.3) is 5.91 Å². The molecule has 9 nitrogen and oxygen atoms in total. The molecule has 37 heavy (non-hydrogen) atoms. The van der Waals surface area contributed by atoms with E-state index in [0.29, 0.717) is 44.5 Å². The Labute approximate surface area is 217 Å². The third-order valence-electron chi connectivity index (χ3n) is 7.10. The molecule has 1 aromatic carbocycles. The lowest BCUT2D eigenvalue weighted by Gasteiger charge is -2.34. The normalized spacial score (nSPS) is 18.7. The second-order valence-electron chi connectivity index (χ2n) is 9.77. The lowest BCUT2D eigenvalue weighted by molar-refractivity contribution is 0.0628. The summed E-state index contributed by atoms with van der Waals surface area (Å²) in [6.45, 7) is 8.17. The number of rotatable bonds is 7. The highest BCUT2D eigenvalue weighted by atomic mass is 16.6. The molecule has 5 rings (SSSR count). The third-order valence-corrected chi connectivity index (χ3v) is 7.10. The molecule has 2 aliphatic rings. The first-order valence-corrected chi connectivity index (χ1v) is 13.2. The Balaban J connectivity index is 1.08. The van der Waals surface area contributed by atoms with Gasteiger partial charge in [-0.1, -0.05) is 18.2 Å². The van der Waals surface area contributed by atoms with Crippen LogP contribution >= 0.6 is 0 Å². The second kappa shape index (κ2) is 11.6. The highest BCUT2D eigenvalue weighted by molar-refractivity contribution is 5.93. The molecule has 0 N–H and O–H groups in total. The summed E-state index contributed by atoms with van der Waals surface area (Å²) >= 11 is 0. The first kappa shape index (κ1) is 25.1. The van der Waals surface area contributed by atoms with Gasteiger partial charge in [-0.15, -0.1) is 0 Å². The van der Waals surface area contributed by atoms with Crippen molar-refractivity contribution in [1.82, 2.24) is 24.1 Å². The van der Waals surface area contributed by atoms with Crippen molar-refractivity contribution < 1.29 is 19.1 Å².